The molecule has 0 spiro atoms. The Labute approximate surface area is 233 Å². The third-order valence-corrected chi connectivity index (χ3v) is 7.75. The zero-order valence-corrected chi connectivity index (χ0v) is 24.1. The van der Waals surface area contributed by atoms with Crippen LogP contribution in [0, 0.1) is 5.92 Å². The van der Waals surface area contributed by atoms with E-state index in [9.17, 15) is 13.2 Å². The van der Waals surface area contributed by atoms with Gasteiger partial charge in [-0.1, -0.05) is 13.8 Å². The molecule has 0 atom stereocenters. The number of anilines is 2. The van der Waals surface area contributed by atoms with E-state index in [4.69, 9.17) is 19.6 Å². The van der Waals surface area contributed by atoms with Crippen molar-refractivity contribution in [2.24, 2.45) is 5.92 Å². The van der Waals surface area contributed by atoms with Crippen LogP contribution in [0.4, 0.5) is 11.6 Å². The number of morpholine rings is 1. The van der Waals surface area contributed by atoms with Crippen LogP contribution in [0.3, 0.4) is 0 Å². The number of hydrogen-bond donors (Lipinski definition) is 1. The van der Waals surface area contributed by atoms with Crippen molar-refractivity contribution in [1.29, 1.82) is 0 Å². The van der Waals surface area contributed by atoms with Gasteiger partial charge in [0.15, 0.2) is 11.5 Å². The third-order valence-electron chi connectivity index (χ3n) is 7.20. The summed E-state index contributed by atoms with van der Waals surface area (Å²) in [5.74, 6) is 0.772. The fourth-order valence-electron chi connectivity index (χ4n) is 5.22. The van der Waals surface area contributed by atoms with Crippen molar-refractivity contribution < 1.29 is 22.7 Å². The number of carbonyl (C=O) groups excluding carboxylic acids is 1. The molecule has 40 heavy (non-hydrogen) atoms. The Balaban J connectivity index is 1.66. The lowest BCUT2D eigenvalue weighted by Gasteiger charge is -2.34. The molecule has 1 amide bonds. The number of fused-ring (bicyclic) bond motifs is 1. The number of nitrogens with zero attached hydrogens (tertiary/aromatic N) is 7. The maximum absolute atomic E-state index is 13.1. The van der Waals surface area contributed by atoms with Crippen LogP contribution in [-0.2, 0) is 19.5 Å². The summed E-state index contributed by atoms with van der Waals surface area (Å²) in [5.41, 5.74) is 2.05. The Bertz CT molecular complexity index is 1480. The van der Waals surface area contributed by atoms with Crippen LogP contribution in [-0.4, -0.2) is 98.4 Å². The topological polar surface area (TPSA) is 145 Å². The lowest BCUT2D eigenvalue weighted by Crippen LogP contribution is -2.37. The molecule has 2 saturated heterocycles. The van der Waals surface area contributed by atoms with Gasteiger partial charge in [0.05, 0.1) is 36.2 Å². The predicted octanol–water partition coefficient (Wildman–Crippen LogP) is 1.72. The number of amides is 1. The van der Waals surface area contributed by atoms with Crippen LogP contribution in [0.15, 0.2) is 18.3 Å². The standard InChI is InChI=1S/C26H36N8O5S/c1-17(2)23-22-20(32-9-6-18(7-10-32)16-38-3)15-19(25(35)31-40(4,36)37)28-24(22)34(30-23)21-5-8-27-26(29-21)33-11-13-39-14-12-33/h5,8,15,17-18H,6-7,9-14,16H2,1-4H3,(H,31,35). The highest BCUT2D eigenvalue weighted by Gasteiger charge is 2.28. The van der Waals surface area contributed by atoms with E-state index in [1.807, 2.05) is 0 Å². The number of sulfonamides is 1. The molecule has 0 aromatic carbocycles. The first-order valence-electron chi connectivity index (χ1n) is 13.5. The molecule has 13 nitrogen and oxygen atoms in total. The molecule has 3 aromatic rings. The SMILES string of the molecule is COCC1CCN(c2cc(C(=O)NS(C)(=O)=O)nc3c2c(C(C)C)nn3-c2ccnc(N3CCOCC3)n2)CC1. The monoisotopic (exact) mass is 572 g/mol. The largest absolute Gasteiger partial charge is 0.384 e. The van der Waals surface area contributed by atoms with Gasteiger partial charge in [-0.25, -0.2) is 23.1 Å². The van der Waals surface area contributed by atoms with Crippen molar-refractivity contribution in [3.8, 4) is 5.82 Å². The number of ether oxygens (including phenoxy) is 2. The van der Waals surface area contributed by atoms with Gasteiger partial charge in [-0.3, -0.25) is 4.79 Å². The molecule has 5 heterocycles. The summed E-state index contributed by atoms with van der Waals surface area (Å²) < 4.78 is 38.3. The average Bonchev–Trinajstić information content (AvgIpc) is 3.33. The number of methoxy groups -OCH3 is 1. The lowest BCUT2D eigenvalue weighted by atomic mass is 9.96. The van der Waals surface area contributed by atoms with Crippen LogP contribution in [0.25, 0.3) is 16.9 Å². The van der Waals surface area contributed by atoms with E-state index in [-0.39, 0.29) is 11.6 Å². The molecule has 2 fully saturated rings. The van der Waals surface area contributed by atoms with E-state index in [2.05, 4.69) is 38.3 Å². The summed E-state index contributed by atoms with van der Waals surface area (Å²) in [6.07, 6.45) is 4.49. The minimum Gasteiger partial charge on any atom is -0.384 e. The Hall–Kier alpha value is -3.36. The minimum atomic E-state index is -3.79. The number of piperidine rings is 1. The molecule has 5 rings (SSSR count). The van der Waals surface area contributed by atoms with Gasteiger partial charge in [0.25, 0.3) is 5.91 Å². The molecule has 216 valence electrons. The van der Waals surface area contributed by atoms with Crippen LogP contribution in [0.2, 0.25) is 0 Å². The van der Waals surface area contributed by atoms with E-state index < -0.39 is 15.9 Å². The van der Waals surface area contributed by atoms with Crippen molar-refractivity contribution in [3.63, 3.8) is 0 Å². The quantitative estimate of drug-likeness (QED) is 0.421. The second-order valence-electron chi connectivity index (χ2n) is 10.6. The molecular weight excluding hydrogens is 536 g/mol. The van der Waals surface area contributed by atoms with E-state index in [1.54, 1.807) is 30.1 Å². The Kier molecular flexibility index (Phi) is 8.19. The summed E-state index contributed by atoms with van der Waals surface area (Å²) in [6, 6.07) is 3.43. The molecule has 3 aromatic heterocycles. The van der Waals surface area contributed by atoms with Gasteiger partial charge in [0, 0.05) is 52.2 Å². The number of rotatable bonds is 8. The summed E-state index contributed by atoms with van der Waals surface area (Å²) in [6.45, 7) is 8.90. The Morgan fingerprint density at radius 3 is 2.52 bits per heavy atom. The highest BCUT2D eigenvalue weighted by atomic mass is 32.2. The van der Waals surface area contributed by atoms with Crippen molar-refractivity contribution in [2.75, 3.05) is 69.2 Å². The number of aromatic nitrogens is 5. The highest BCUT2D eigenvalue weighted by Crippen LogP contribution is 2.36. The molecule has 1 N–H and O–H groups in total. The first-order chi connectivity index (χ1) is 19.1. The Morgan fingerprint density at radius 2 is 1.88 bits per heavy atom. The first-order valence-corrected chi connectivity index (χ1v) is 15.4. The van der Waals surface area contributed by atoms with E-state index in [0.717, 1.165) is 49.0 Å². The third kappa shape index (κ3) is 6.03. The van der Waals surface area contributed by atoms with Gasteiger partial charge in [-0.2, -0.15) is 14.8 Å². The molecule has 2 aliphatic heterocycles. The molecule has 14 heteroatoms. The number of nitrogens with one attached hydrogen (secondary N) is 1. The predicted molar refractivity (Wildman–Crippen MR) is 151 cm³/mol. The first kappa shape index (κ1) is 28.2. The fraction of sp³-hybridized carbons (Fsp3) is 0.577. The van der Waals surface area contributed by atoms with Gasteiger partial charge in [-0.15, -0.1) is 0 Å². The van der Waals surface area contributed by atoms with Crippen LogP contribution < -0.4 is 14.5 Å². The maximum Gasteiger partial charge on any atom is 0.283 e. The minimum absolute atomic E-state index is 0.00847. The van der Waals surface area contributed by atoms with E-state index in [1.165, 1.54) is 0 Å². The fourth-order valence-corrected chi connectivity index (χ4v) is 5.66. The van der Waals surface area contributed by atoms with E-state index >= 15 is 0 Å². The number of hydrogen-bond acceptors (Lipinski definition) is 11. The van der Waals surface area contributed by atoms with Gasteiger partial charge in [0.1, 0.15) is 5.69 Å². The molecular formula is C26H36N8O5S. The normalized spacial score (nSPS) is 17.1. The van der Waals surface area contributed by atoms with Crippen LogP contribution >= 0.6 is 0 Å². The number of carbonyl (C=O) groups is 1. The van der Waals surface area contributed by atoms with Gasteiger partial charge < -0.3 is 19.3 Å². The molecule has 0 radical (unpaired) electrons. The Morgan fingerprint density at radius 1 is 1.15 bits per heavy atom. The molecule has 0 saturated carbocycles. The van der Waals surface area contributed by atoms with Crippen molar-refractivity contribution in [2.45, 2.75) is 32.6 Å². The van der Waals surface area contributed by atoms with Crippen molar-refractivity contribution >= 4 is 38.6 Å². The summed E-state index contributed by atoms with van der Waals surface area (Å²) in [7, 11) is -2.08. The average molecular weight is 573 g/mol. The molecule has 0 unspecified atom stereocenters. The summed E-state index contributed by atoms with van der Waals surface area (Å²) in [5, 5.41) is 5.77. The maximum atomic E-state index is 13.1. The van der Waals surface area contributed by atoms with Crippen LogP contribution in [0.1, 0.15) is 48.8 Å². The van der Waals surface area contributed by atoms with Gasteiger partial charge in [0.2, 0.25) is 16.0 Å². The second kappa shape index (κ2) is 11.6. The van der Waals surface area contributed by atoms with E-state index in [0.29, 0.717) is 56.2 Å². The van der Waals surface area contributed by atoms with Crippen LogP contribution in [0.5, 0.6) is 0 Å². The molecule has 0 bridgehead atoms. The molecule has 0 aliphatic carbocycles. The zero-order chi connectivity index (χ0) is 28.4. The van der Waals surface area contributed by atoms with Gasteiger partial charge in [-0.05, 0) is 30.7 Å². The second-order valence-corrected chi connectivity index (χ2v) is 12.3. The summed E-state index contributed by atoms with van der Waals surface area (Å²) in [4.78, 5) is 31.3. The van der Waals surface area contributed by atoms with Gasteiger partial charge >= 0.3 is 0 Å². The van der Waals surface area contributed by atoms with Crippen molar-refractivity contribution in [1.82, 2.24) is 29.5 Å². The lowest BCUT2D eigenvalue weighted by molar-refractivity contribution is 0.0977. The zero-order valence-electron chi connectivity index (χ0n) is 23.3. The summed E-state index contributed by atoms with van der Waals surface area (Å²) >= 11 is 0. The number of pyridine rings is 1. The van der Waals surface area contributed by atoms with Crippen molar-refractivity contribution in [3.05, 3.63) is 29.7 Å². The smallest absolute Gasteiger partial charge is 0.283 e. The highest BCUT2D eigenvalue weighted by molar-refractivity contribution is 7.89. The molecule has 2 aliphatic rings.